The Bertz CT molecular complexity index is 518. The van der Waals surface area contributed by atoms with Crippen molar-refractivity contribution in [3.05, 3.63) is 29.8 Å². The molecule has 1 aromatic carbocycles. The lowest BCUT2D eigenvalue weighted by molar-refractivity contribution is 0.597. The van der Waals surface area contributed by atoms with Gasteiger partial charge in [-0.05, 0) is 43.0 Å². The molecule has 5 nitrogen and oxygen atoms in total. The Hall–Kier alpha value is -1.56. The fourth-order valence-electron chi connectivity index (χ4n) is 1.53. The SMILES string of the molecule is N=C(N)c1ccc(NS(=O)(=O)CC2CC2)cc1. The molecule has 0 bridgehead atoms. The number of anilines is 1. The van der Waals surface area contributed by atoms with Crippen molar-refractivity contribution in [1.29, 1.82) is 5.41 Å². The molecule has 0 aliphatic heterocycles. The van der Waals surface area contributed by atoms with Crippen LogP contribution in [0.2, 0.25) is 0 Å². The highest BCUT2D eigenvalue weighted by atomic mass is 32.2. The fraction of sp³-hybridized carbons (Fsp3) is 0.364. The van der Waals surface area contributed by atoms with Crippen molar-refractivity contribution in [2.24, 2.45) is 11.7 Å². The van der Waals surface area contributed by atoms with Crippen LogP contribution in [-0.4, -0.2) is 20.0 Å². The van der Waals surface area contributed by atoms with Crippen LogP contribution in [0.4, 0.5) is 5.69 Å². The zero-order valence-electron chi connectivity index (χ0n) is 9.31. The average molecular weight is 253 g/mol. The fourth-order valence-corrected chi connectivity index (χ4v) is 3.07. The summed E-state index contributed by atoms with van der Waals surface area (Å²) in [4.78, 5) is 0. The summed E-state index contributed by atoms with van der Waals surface area (Å²) >= 11 is 0. The minimum absolute atomic E-state index is 0.0302. The van der Waals surface area contributed by atoms with Crippen LogP contribution < -0.4 is 10.5 Å². The molecule has 2 rings (SSSR count). The van der Waals surface area contributed by atoms with Crippen LogP contribution in [0.5, 0.6) is 0 Å². The molecule has 1 aliphatic carbocycles. The van der Waals surface area contributed by atoms with E-state index >= 15 is 0 Å². The van der Waals surface area contributed by atoms with Crippen LogP contribution in [0, 0.1) is 11.3 Å². The Morgan fingerprint density at radius 1 is 1.35 bits per heavy atom. The standard InChI is InChI=1S/C11H15N3O2S/c12-11(13)9-3-5-10(6-4-9)14-17(15,16)7-8-1-2-8/h3-6,8,14H,1-2,7H2,(H3,12,13). The summed E-state index contributed by atoms with van der Waals surface area (Å²) in [5.74, 6) is 0.489. The van der Waals surface area contributed by atoms with E-state index in [0.29, 0.717) is 17.2 Å². The van der Waals surface area contributed by atoms with Gasteiger partial charge in [0.1, 0.15) is 5.84 Å². The zero-order chi connectivity index (χ0) is 12.5. The van der Waals surface area contributed by atoms with Crippen molar-refractivity contribution < 1.29 is 8.42 Å². The Morgan fingerprint density at radius 3 is 2.41 bits per heavy atom. The molecule has 0 amide bonds. The molecule has 0 atom stereocenters. The topological polar surface area (TPSA) is 96.0 Å². The molecule has 4 N–H and O–H groups in total. The predicted molar refractivity (Wildman–Crippen MR) is 67.6 cm³/mol. The summed E-state index contributed by atoms with van der Waals surface area (Å²) in [5, 5.41) is 7.23. The minimum Gasteiger partial charge on any atom is -0.384 e. The van der Waals surface area contributed by atoms with Crippen LogP contribution in [0.15, 0.2) is 24.3 Å². The number of nitrogens with one attached hydrogen (secondary N) is 2. The molecule has 0 heterocycles. The second-order valence-corrected chi connectivity index (χ2v) is 6.08. The lowest BCUT2D eigenvalue weighted by Gasteiger charge is -2.07. The van der Waals surface area contributed by atoms with Gasteiger partial charge in [-0.15, -0.1) is 0 Å². The van der Waals surface area contributed by atoms with Gasteiger partial charge in [-0.3, -0.25) is 10.1 Å². The van der Waals surface area contributed by atoms with Gasteiger partial charge in [-0.1, -0.05) is 0 Å². The summed E-state index contributed by atoms with van der Waals surface area (Å²) in [6.45, 7) is 0. The normalized spacial score (nSPS) is 15.5. The van der Waals surface area contributed by atoms with E-state index in [9.17, 15) is 8.42 Å². The highest BCUT2D eigenvalue weighted by Gasteiger charge is 2.27. The van der Waals surface area contributed by atoms with Crippen molar-refractivity contribution in [3.63, 3.8) is 0 Å². The van der Waals surface area contributed by atoms with E-state index in [1.54, 1.807) is 24.3 Å². The second kappa shape index (κ2) is 4.37. The highest BCUT2D eigenvalue weighted by Crippen LogP contribution is 2.30. The Labute approximate surface area is 101 Å². The monoisotopic (exact) mass is 253 g/mol. The van der Waals surface area contributed by atoms with Gasteiger partial charge in [0.05, 0.1) is 5.75 Å². The number of rotatable bonds is 5. The van der Waals surface area contributed by atoms with Crippen molar-refractivity contribution in [2.45, 2.75) is 12.8 Å². The summed E-state index contributed by atoms with van der Waals surface area (Å²) in [7, 11) is -3.24. The first kappa shape index (κ1) is 11.9. The molecule has 0 radical (unpaired) electrons. The van der Waals surface area contributed by atoms with E-state index in [1.807, 2.05) is 0 Å². The quantitative estimate of drug-likeness (QED) is 0.542. The number of hydrogen-bond donors (Lipinski definition) is 3. The molecule has 1 aromatic rings. The minimum atomic E-state index is -3.24. The third-order valence-electron chi connectivity index (χ3n) is 2.62. The van der Waals surface area contributed by atoms with E-state index in [2.05, 4.69) is 4.72 Å². The largest absolute Gasteiger partial charge is 0.384 e. The molecular formula is C11H15N3O2S. The maximum atomic E-state index is 11.7. The first-order valence-corrected chi connectivity index (χ1v) is 7.06. The number of amidine groups is 1. The van der Waals surface area contributed by atoms with Crippen molar-refractivity contribution >= 4 is 21.5 Å². The number of sulfonamides is 1. The van der Waals surface area contributed by atoms with Crippen LogP contribution in [0.25, 0.3) is 0 Å². The number of nitrogens with two attached hydrogens (primary N) is 1. The third-order valence-corrected chi connectivity index (χ3v) is 4.08. The number of benzene rings is 1. The summed E-state index contributed by atoms with van der Waals surface area (Å²) in [5.41, 5.74) is 6.40. The van der Waals surface area contributed by atoms with E-state index in [0.717, 1.165) is 12.8 Å². The van der Waals surface area contributed by atoms with E-state index in [1.165, 1.54) is 0 Å². The van der Waals surface area contributed by atoms with Gasteiger partial charge in [-0.25, -0.2) is 8.42 Å². The predicted octanol–water partition coefficient (Wildman–Crippen LogP) is 1.12. The van der Waals surface area contributed by atoms with Crippen LogP contribution in [0.3, 0.4) is 0 Å². The molecule has 0 unspecified atom stereocenters. The Balaban J connectivity index is 2.05. The van der Waals surface area contributed by atoms with Gasteiger partial charge in [-0.2, -0.15) is 0 Å². The molecule has 92 valence electrons. The molecule has 0 spiro atoms. The van der Waals surface area contributed by atoms with Gasteiger partial charge in [0.15, 0.2) is 0 Å². The van der Waals surface area contributed by atoms with Crippen LogP contribution >= 0.6 is 0 Å². The number of hydrogen-bond acceptors (Lipinski definition) is 3. The molecule has 0 saturated heterocycles. The molecule has 17 heavy (non-hydrogen) atoms. The highest BCUT2D eigenvalue weighted by molar-refractivity contribution is 7.92. The maximum absolute atomic E-state index is 11.7. The average Bonchev–Trinajstić information content (AvgIpc) is 3.00. The van der Waals surface area contributed by atoms with E-state index in [-0.39, 0.29) is 11.6 Å². The van der Waals surface area contributed by atoms with Gasteiger partial charge in [0.25, 0.3) is 0 Å². The van der Waals surface area contributed by atoms with Gasteiger partial charge >= 0.3 is 0 Å². The van der Waals surface area contributed by atoms with Crippen molar-refractivity contribution in [2.75, 3.05) is 10.5 Å². The van der Waals surface area contributed by atoms with Crippen molar-refractivity contribution in [1.82, 2.24) is 0 Å². The first-order valence-electron chi connectivity index (χ1n) is 5.41. The molecule has 1 fully saturated rings. The third kappa shape index (κ3) is 3.45. The zero-order valence-corrected chi connectivity index (χ0v) is 10.1. The first-order chi connectivity index (χ1) is 7.96. The van der Waals surface area contributed by atoms with E-state index in [4.69, 9.17) is 11.1 Å². The van der Waals surface area contributed by atoms with E-state index < -0.39 is 10.0 Å². The Morgan fingerprint density at radius 2 is 1.94 bits per heavy atom. The van der Waals surface area contributed by atoms with Gasteiger partial charge < -0.3 is 5.73 Å². The smallest absolute Gasteiger partial charge is 0.232 e. The van der Waals surface area contributed by atoms with Crippen molar-refractivity contribution in [3.8, 4) is 0 Å². The van der Waals surface area contributed by atoms with Gasteiger partial charge in [0.2, 0.25) is 10.0 Å². The molecule has 1 saturated carbocycles. The lowest BCUT2D eigenvalue weighted by Crippen LogP contribution is -2.18. The second-order valence-electron chi connectivity index (χ2n) is 4.32. The summed E-state index contributed by atoms with van der Waals surface area (Å²) in [6.07, 6.45) is 2.01. The summed E-state index contributed by atoms with van der Waals surface area (Å²) in [6, 6.07) is 6.47. The summed E-state index contributed by atoms with van der Waals surface area (Å²) < 4.78 is 25.9. The molecule has 1 aliphatic rings. The molecular weight excluding hydrogens is 238 g/mol. The Kier molecular flexibility index (Phi) is 3.06. The van der Waals surface area contributed by atoms with Gasteiger partial charge in [0, 0.05) is 11.3 Å². The maximum Gasteiger partial charge on any atom is 0.232 e. The van der Waals surface area contributed by atoms with Crippen LogP contribution in [0.1, 0.15) is 18.4 Å². The van der Waals surface area contributed by atoms with Crippen LogP contribution in [-0.2, 0) is 10.0 Å². The molecule has 0 aromatic heterocycles. The molecule has 6 heteroatoms. The lowest BCUT2D eigenvalue weighted by atomic mass is 10.2. The number of nitrogen functional groups attached to an aromatic ring is 1.